The smallest absolute Gasteiger partial charge is 0.269 e. The van der Waals surface area contributed by atoms with Crippen LogP contribution in [0.15, 0.2) is 18.3 Å². The fourth-order valence-corrected chi connectivity index (χ4v) is 2.67. The van der Waals surface area contributed by atoms with Crippen LogP contribution in [0.25, 0.3) is 0 Å². The fourth-order valence-electron chi connectivity index (χ4n) is 2.67. The van der Waals surface area contributed by atoms with Gasteiger partial charge in [0.1, 0.15) is 11.4 Å². The number of piperidine rings is 1. The minimum atomic E-state index is -0.199. The molecule has 0 aromatic carbocycles. The van der Waals surface area contributed by atoms with Crippen LogP contribution in [0.1, 0.15) is 23.3 Å². The molecule has 116 valence electrons. The zero-order valence-electron chi connectivity index (χ0n) is 13.0. The quantitative estimate of drug-likeness (QED) is 0.848. The van der Waals surface area contributed by atoms with Gasteiger partial charge in [-0.2, -0.15) is 0 Å². The highest BCUT2D eigenvalue weighted by molar-refractivity contribution is 5.92. The maximum Gasteiger partial charge on any atom is 0.269 e. The molecule has 6 nitrogen and oxygen atoms in total. The Morgan fingerprint density at radius 2 is 2.10 bits per heavy atom. The van der Waals surface area contributed by atoms with Gasteiger partial charge in [0, 0.05) is 12.1 Å². The van der Waals surface area contributed by atoms with Gasteiger partial charge in [-0.25, -0.2) is 4.98 Å². The van der Waals surface area contributed by atoms with Crippen molar-refractivity contribution in [3.63, 3.8) is 0 Å². The number of hydrogen-bond donors (Lipinski definition) is 2. The Hall–Kier alpha value is -1.66. The molecule has 1 aromatic heterocycles. The number of carbonyl (C=O) groups excluding carboxylic acids is 1. The molecule has 6 heteroatoms. The lowest BCUT2D eigenvalue weighted by molar-refractivity contribution is 0.0610. The summed E-state index contributed by atoms with van der Waals surface area (Å²) in [7, 11) is 6.26. The summed E-state index contributed by atoms with van der Waals surface area (Å²) in [5.41, 5.74) is 0.327. The molecule has 0 radical (unpaired) electrons. The van der Waals surface area contributed by atoms with Crippen molar-refractivity contribution in [3.8, 4) is 5.75 Å². The first-order valence-electron chi connectivity index (χ1n) is 7.22. The van der Waals surface area contributed by atoms with Crippen LogP contribution >= 0.6 is 0 Å². The third-order valence-corrected chi connectivity index (χ3v) is 4.42. The topological polar surface area (TPSA) is 68.7 Å². The molecule has 1 fully saturated rings. The Morgan fingerprint density at radius 3 is 2.62 bits per heavy atom. The third-order valence-electron chi connectivity index (χ3n) is 4.42. The SMILES string of the molecule is CN1CCC(CNC(=O)c2ccc(O)cn2)(N(C)C)CC1. The van der Waals surface area contributed by atoms with E-state index in [2.05, 4.69) is 41.2 Å². The molecule has 0 atom stereocenters. The van der Waals surface area contributed by atoms with Crippen LogP contribution < -0.4 is 5.32 Å². The summed E-state index contributed by atoms with van der Waals surface area (Å²) in [6, 6.07) is 3.00. The number of hydrogen-bond acceptors (Lipinski definition) is 5. The first-order valence-corrected chi connectivity index (χ1v) is 7.22. The molecule has 2 heterocycles. The van der Waals surface area contributed by atoms with Crippen LogP contribution in [0.3, 0.4) is 0 Å². The lowest BCUT2D eigenvalue weighted by atomic mass is 9.86. The molecule has 1 aromatic rings. The van der Waals surface area contributed by atoms with E-state index in [1.54, 1.807) is 0 Å². The normalized spacial score (nSPS) is 18.7. The zero-order valence-corrected chi connectivity index (χ0v) is 13.0. The average Bonchev–Trinajstić information content (AvgIpc) is 2.47. The Morgan fingerprint density at radius 1 is 1.43 bits per heavy atom. The molecule has 0 unspecified atom stereocenters. The number of likely N-dealkylation sites (N-methyl/N-ethyl adjacent to an activating group) is 1. The van der Waals surface area contributed by atoms with Crippen LogP contribution in [0, 0.1) is 0 Å². The molecule has 21 heavy (non-hydrogen) atoms. The van der Waals surface area contributed by atoms with Crippen molar-refractivity contribution >= 4 is 5.91 Å². The maximum absolute atomic E-state index is 12.1. The van der Waals surface area contributed by atoms with Crippen molar-refractivity contribution in [2.45, 2.75) is 18.4 Å². The van der Waals surface area contributed by atoms with E-state index >= 15 is 0 Å². The molecule has 0 aliphatic carbocycles. The molecule has 1 saturated heterocycles. The zero-order chi connectivity index (χ0) is 15.5. The molecule has 2 N–H and O–H groups in total. The third kappa shape index (κ3) is 3.71. The van der Waals surface area contributed by atoms with Crippen LogP contribution in [0.5, 0.6) is 5.75 Å². The second-order valence-electron chi connectivity index (χ2n) is 6.01. The van der Waals surface area contributed by atoms with Crippen molar-refractivity contribution in [1.29, 1.82) is 0 Å². The summed E-state index contributed by atoms with van der Waals surface area (Å²) >= 11 is 0. The van der Waals surface area contributed by atoms with Crippen molar-refractivity contribution < 1.29 is 9.90 Å². The number of likely N-dealkylation sites (tertiary alicyclic amines) is 1. The number of carbonyl (C=O) groups is 1. The highest BCUT2D eigenvalue weighted by Crippen LogP contribution is 2.25. The predicted octanol–water partition coefficient (Wildman–Crippen LogP) is 0.543. The molecule has 1 amide bonds. The molecule has 1 aliphatic heterocycles. The van der Waals surface area contributed by atoms with E-state index in [-0.39, 0.29) is 17.2 Å². The molecular weight excluding hydrogens is 268 g/mol. The van der Waals surface area contributed by atoms with Gasteiger partial charge in [-0.15, -0.1) is 0 Å². The molecule has 2 rings (SSSR count). The number of nitrogens with one attached hydrogen (secondary N) is 1. The lowest BCUT2D eigenvalue weighted by Gasteiger charge is -2.45. The lowest BCUT2D eigenvalue weighted by Crippen LogP contribution is -2.58. The second-order valence-corrected chi connectivity index (χ2v) is 6.01. The summed E-state index contributed by atoms with van der Waals surface area (Å²) in [4.78, 5) is 20.6. The van der Waals surface area contributed by atoms with Crippen molar-refractivity contribution in [1.82, 2.24) is 20.1 Å². The second kappa shape index (κ2) is 6.41. The van der Waals surface area contributed by atoms with Gasteiger partial charge >= 0.3 is 0 Å². The Balaban J connectivity index is 1.99. The van der Waals surface area contributed by atoms with Crippen molar-refractivity contribution in [3.05, 3.63) is 24.0 Å². The summed E-state index contributed by atoms with van der Waals surface area (Å²) in [6.45, 7) is 2.67. The Labute approximate surface area is 125 Å². The summed E-state index contributed by atoms with van der Waals surface area (Å²) in [5.74, 6) is -0.137. The number of amides is 1. The van der Waals surface area contributed by atoms with Gasteiger partial charge in [0.05, 0.1) is 6.20 Å². The van der Waals surface area contributed by atoms with Crippen molar-refractivity contribution in [2.24, 2.45) is 0 Å². The first kappa shape index (κ1) is 15.7. The summed E-state index contributed by atoms with van der Waals surface area (Å²) in [5, 5.41) is 12.2. The van der Waals surface area contributed by atoms with Crippen LogP contribution in [0.4, 0.5) is 0 Å². The molecule has 1 aliphatic rings. The minimum Gasteiger partial charge on any atom is -0.506 e. The monoisotopic (exact) mass is 292 g/mol. The standard InChI is InChI=1S/C15H24N4O2/c1-18(2)15(6-8-19(3)9-7-15)11-17-14(21)13-5-4-12(20)10-16-13/h4-5,10,20H,6-9,11H2,1-3H3,(H,17,21). The number of nitrogens with zero attached hydrogens (tertiary/aromatic N) is 3. The summed E-state index contributed by atoms with van der Waals surface area (Å²) < 4.78 is 0. The number of aromatic nitrogens is 1. The van der Waals surface area contributed by atoms with E-state index < -0.39 is 0 Å². The molecule has 0 saturated carbocycles. The van der Waals surface area contributed by atoms with Crippen LogP contribution in [-0.4, -0.2) is 72.1 Å². The van der Waals surface area contributed by atoms with E-state index in [4.69, 9.17) is 0 Å². The molecular formula is C15H24N4O2. The molecule has 0 bridgehead atoms. The van der Waals surface area contributed by atoms with Crippen LogP contribution in [0.2, 0.25) is 0 Å². The largest absolute Gasteiger partial charge is 0.506 e. The fraction of sp³-hybridized carbons (Fsp3) is 0.600. The van der Waals surface area contributed by atoms with Crippen molar-refractivity contribution in [2.75, 3.05) is 40.8 Å². The molecule has 0 spiro atoms. The van der Waals surface area contributed by atoms with Gasteiger partial charge in [0.15, 0.2) is 0 Å². The van der Waals surface area contributed by atoms with Gasteiger partial charge in [0.2, 0.25) is 0 Å². The Kier molecular flexibility index (Phi) is 4.80. The number of rotatable bonds is 4. The van der Waals surface area contributed by atoms with Gasteiger partial charge in [-0.05, 0) is 59.2 Å². The maximum atomic E-state index is 12.1. The van der Waals surface area contributed by atoms with Gasteiger partial charge in [0.25, 0.3) is 5.91 Å². The number of pyridine rings is 1. The highest BCUT2D eigenvalue weighted by atomic mass is 16.3. The van der Waals surface area contributed by atoms with E-state index in [9.17, 15) is 9.90 Å². The first-order chi connectivity index (χ1) is 9.93. The van der Waals surface area contributed by atoms with E-state index in [1.807, 2.05) is 0 Å². The van der Waals surface area contributed by atoms with E-state index in [0.29, 0.717) is 12.2 Å². The van der Waals surface area contributed by atoms with E-state index in [1.165, 1.54) is 18.3 Å². The minimum absolute atomic E-state index is 0.000904. The number of aromatic hydroxyl groups is 1. The van der Waals surface area contributed by atoms with Gasteiger partial charge < -0.3 is 20.2 Å². The average molecular weight is 292 g/mol. The van der Waals surface area contributed by atoms with Crippen LogP contribution in [-0.2, 0) is 0 Å². The van der Waals surface area contributed by atoms with Gasteiger partial charge in [-0.3, -0.25) is 4.79 Å². The summed E-state index contributed by atoms with van der Waals surface area (Å²) in [6.07, 6.45) is 3.34. The van der Waals surface area contributed by atoms with E-state index in [0.717, 1.165) is 25.9 Å². The van der Waals surface area contributed by atoms with Gasteiger partial charge in [-0.1, -0.05) is 0 Å². The Bertz CT molecular complexity index is 479. The highest BCUT2D eigenvalue weighted by Gasteiger charge is 2.36. The predicted molar refractivity (Wildman–Crippen MR) is 81.4 cm³/mol.